The van der Waals surface area contributed by atoms with Crippen LogP contribution in [0.4, 0.5) is 0 Å². The molecule has 2 heterocycles. The molecule has 2 aliphatic heterocycles. The molecule has 3 rings (SSSR count). The lowest BCUT2D eigenvalue weighted by atomic mass is 9.83. The summed E-state index contributed by atoms with van der Waals surface area (Å²) in [6.45, 7) is 7.13. The predicted octanol–water partition coefficient (Wildman–Crippen LogP) is 3.33. The monoisotopic (exact) mass is 294 g/mol. The fourth-order valence-corrected chi connectivity index (χ4v) is 4.66. The summed E-state index contributed by atoms with van der Waals surface area (Å²) in [7, 11) is 0. The van der Waals surface area contributed by atoms with Gasteiger partial charge in [-0.05, 0) is 51.6 Å². The van der Waals surface area contributed by atoms with Gasteiger partial charge in [0.15, 0.2) is 0 Å². The van der Waals surface area contributed by atoms with E-state index in [0.717, 1.165) is 0 Å². The highest BCUT2D eigenvalue weighted by molar-refractivity contribution is 4.92. The minimum absolute atomic E-state index is 0.288. The maximum absolute atomic E-state index is 6.57. The van der Waals surface area contributed by atoms with Crippen LogP contribution in [0.1, 0.15) is 71.1 Å². The molecule has 2 unspecified atom stereocenters. The number of ether oxygens (including phenoxy) is 1. The van der Waals surface area contributed by atoms with Gasteiger partial charge in [0.05, 0.1) is 11.7 Å². The molecule has 3 aliphatic rings. The SMILES string of the molecule is CCCC1CN(CC2CCC3(CCCCC3)O2)CCCN1. The molecule has 2 atom stereocenters. The molecule has 0 radical (unpaired) electrons. The minimum Gasteiger partial charge on any atom is -0.370 e. The quantitative estimate of drug-likeness (QED) is 0.861. The van der Waals surface area contributed by atoms with E-state index in [9.17, 15) is 0 Å². The maximum atomic E-state index is 6.57. The molecular formula is C18H34N2O. The summed E-state index contributed by atoms with van der Waals surface area (Å²) in [6, 6.07) is 0.697. The van der Waals surface area contributed by atoms with Gasteiger partial charge in [-0.3, -0.25) is 4.90 Å². The van der Waals surface area contributed by atoms with E-state index in [4.69, 9.17) is 4.74 Å². The second kappa shape index (κ2) is 7.43. The Balaban J connectivity index is 1.49. The molecule has 3 fully saturated rings. The van der Waals surface area contributed by atoms with Gasteiger partial charge in [0, 0.05) is 19.1 Å². The Labute approximate surface area is 130 Å². The number of hydrogen-bond donors (Lipinski definition) is 1. The van der Waals surface area contributed by atoms with E-state index in [-0.39, 0.29) is 5.60 Å². The van der Waals surface area contributed by atoms with Crippen molar-refractivity contribution in [2.75, 3.05) is 26.2 Å². The molecule has 1 aliphatic carbocycles. The summed E-state index contributed by atoms with van der Waals surface area (Å²) in [5.41, 5.74) is 0.288. The molecule has 0 aromatic rings. The third-order valence-corrected chi connectivity index (χ3v) is 5.77. The topological polar surface area (TPSA) is 24.5 Å². The first-order chi connectivity index (χ1) is 10.3. The average Bonchev–Trinajstić information content (AvgIpc) is 2.72. The first kappa shape index (κ1) is 15.8. The molecule has 0 amide bonds. The van der Waals surface area contributed by atoms with Gasteiger partial charge in [0.1, 0.15) is 0 Å². The number of nitrogens with zero attached hydrogens (tertiary/aromatic N) is 1. The van der Waals surface area contributed by atoms with Crippen LogP contribution < -0.4 is 5.32 Å². The molecule has 1 saturated carbocycles. The zero-order valence-electron chi connectivity index (χ0n) is 13.9. The van der Waals surface area contributed by atoms with E-state index in [1.54, 1.807) is 0 Å². The van der Waals surface area contributed by atoms with E-state index < -0.39 is 0 Å². The Bertz CT molecular complexity index is 314. The number of rotatable bonds is 4. The molecule has 1 N–H and O–H groups in total. The lowest BCUT2D eigenvalue weighted by molar-refractivity contribution is -0.0718. The minimum atomic E-state index is 0.288. The van der Waals surface area contributed by atoms with Gasteiger partial charge >= 0.3 is 0 Å². The zero-order valence-corrected chi connectivity index (χ0v) is 13.9. The van der Waals surface area contributed by atoms with Crippen LogP contribution in [0.25, 0.3) is 0 Å². The van der Waals surface area contributed by atoms with E-state index in [1.807, 2.05) is 0 Å². The van der Waals surface area contributed by atoms with Crippen LogP contribution in [0.2, 0.25) is 0 Å². The molecule has 2 saturated heterocycles. The first-order valence-electron chi connectivity index (χ1n) is 9.43. The van der Waals surface area contributed by atoms with Gasteiger partial charge in [-0.25, -0.2) is 0 Å². The summed E-state index contributed by atoms with van der Waals surface area (Å²) in [4.78, 5) is 2.67. The van der Waals surface area contributed by atoms with Crippen molar-refractivity contribution in [3.63, 3.8) is 0 Å². The summed E-state index contributed by atoms with van der Waals surface area (Å²) in [5, 5.41) is 3.71. The first-order valence-corrected chi connectivity index (χ1v) is 9.43. The maximum Gasteiger partial charge on any atom is 0.0710 e. The Morgan fingerprint density at radius 2 is 2.00 bits per heavy atom. The van der Waals surface area contributed by atoms with Crippen molar-refractivity contribution in [1.82, 2.24) is 10.2 Å². The Morgan fingerprint density at radius 1 is 1.14 bits per heavy atom. The van der Waals surface area contributed by atoms with Gasteiger partial charge in [0.25, 0.3) is 0 Å². The Morgan fingerprint density at radius 3 is 2.81 bits per heavy atom. The van der Waals surface area contributed by atoms with Crippen molar-refractivity contribution in [2.45, 2.75) is 88.9 Å². The molecule has 3 heteroatoms. The van der Waals surface area contributed by atoms with Crippen molar-refractivity contribution < 1.29 is 4.74 Å². The highest BCUT2D eigenvalue weighted by Gasteiger charge is 2.41. The molecule has 1 spiro atoms. The van der Waals surface area contributed by atoms with Gasteiger partial charge in [-0.15, -0.1) is 0 Å². The summed E-state index contributed by atoms with van der Waals surface area (Å²) < 4.78 is 6.57. The molecule has 0 bridgehead atoms. The van der Waals surface area contributed by atoms with Crippen LogP contribution in [-0.4, -0.2) is 48.8 Å². The van der Waals surface area contributed by atoms with Crippen LogP contribution >= 0.6 is 0 Å². The number of hydrogen-bond acceptors (Lipinski definition) is 3. The molecule has 0 aromatic carbocycles. The zero-order chi connectivity index (χ0) is 14.5. The Kier molecular flexibility index (Phi) is 5.58. The summed E-state index contributed by atoms with van der Waals surface area (Å²) in [6.07, 6.45) is 13.9. The number of nitrogens with one attached hydrogen (secondary N) is 1. The summed E-state index contributed by atoms with van der Waals surface area (Å²) in [5.74, 6) is 0. The molecule has 21 heavy (non-hydrogen) atoms. The van der Waals surface area contributed by atoms with Crippen LogP contribution in [0.5, 0.6) is 0 Å². The van der Waals surface area contributed by atoms with Crippen LogP contribution in [-0.2, 0) is 4.74 Å². The van der Waals surface area contributed by atoms with Crippen LogP contribution in [0, 0.1) is 0 Å². The van der Waals surface area contributed by atoms with Gasteiger partial charge in [-0.1, -0.05) is 32.6 Å². The lowest BCUT2D eigenvalue weighted by Gasteiger charge is -2.34. The largest absolute Gasteiger partial charge is 0.370 e. The smallest absolute Gasteiger partial charge is 0.0710 e. The molecule has 3 nitrogen and oxygen atoms in total. The lowest BCUT2D eigenvalue weighted by Crippen LogP contribution is -2.41. The van der Waals surface area contributed by atoms with E-state index in [0.29, 0.717) is 12.1 Å². The summed E-state index contributed by atoms with van der Waals surface area (Å²) >= 11 is 0. The van der Waals surface area contributed by atoms with E-state index >= 15 is 0 Å². The molecular weight excluding hydrogens is 260 g/mol. The standard InChI is InChI=1S/C18H34N2O/c1-2-7-16-14-20(13-6-12-19-16)15-17-8-11-18(21-17)9-4-3-5-10-18/h16-17,19H,2-15H2,1H3. The van der Waals surface area contributed by atoms with Crippen molar-refractivity contribution in [3.05, 3.63) is 0 Å². The highest BCUT2D eigenvalue weighted by atomic mass is 16.5. The van der Waals surface area contributed by atoms with Crippen molar-refractivity contribution in [2.24, 2.45) is 0 Å². The Hall–Kier alpha value is -0.120. The third-order valence-electron chi connectivity index (χ3n) is 5.77. The van der Waals surface area contributed by atoms with Gasteiger partial charge in [-0.2, -0.15) is 0 Å². The van der Waals surface area contributed by atoms with Crippen LogP contribution in [0.3, 0.4) is 0 Å². The van der Waals surface area contributed by atoms with Gasteiger partial charge in [0.2, 0.25) is 0 Å². The predicted molar refractivity (Wildman–Crippen MR) is 87.7 cm³/mol. The molecule has 0 aromatic heterocycles. The second-order valence-corrected chi connectivity index (χ2v) is 7.58. The van der Waals surface area contributed by atoms with Crippen molar-refractivity contribution in [1.29, 1.82) is 0 Å². The van der Waals surface area contributed by atoms with Crippen molar-refractivity contribution >= 4 is 0 Å². The van der Waals surface area contributed by atoms with Crippen molar-refractivity contribution in [3.8, 4) is 0 Å². The van der Waals surface area contributed by atoms with E-state index in [2.05, 4.69) is 17.1 Å². The van der Waals surface area contributed by atoms with Crippen LogP contribution in [0.15, 0.2) is 0 Å². The van der Waals surface area contributed by atoms with Gasteiger partial charge < -0.3 is 10.1 Å². The third kappa shape index (κ3) is 4.20. The van der Waals surface area contributed by atoms with E-state index in [1.165, 1.54) is 90.4 Å². The second-order valence-electron chi connectivity index (χ2n) is 7.58. The highest BCUT2D eigenvalue weighted by Crippen LogP contribution is 2.42. The fraction of sp³-hybridized carbons (Fsp3) is 1.00. The fourth-order valence-electron chi connectivity index (χ4n) is 4.66. The normalized spacial score (nSPS) is 34.1. The average molecular weight is 294 g/mol. The molecule has 122 valence electrons.